The molecule has 2 nitrogen and oxygen atoms in total. The molecule has 0 aliphatic rings. The van der Waals surface area contributed by atoms with E-state index < -0.39 is 0 Å². The molecule has 0 saturated heterocycles. The molecule has 0 aliphatic heterocycles. The van der Waals surface area contributed by atoms with E-state index in [4.69, 9.17) is 4.74 Å². The van der Waals surface area contributed by atoms with Crippen molar-refractivity contribution in [1.82, 2.24) is 4.98 Å². The van der Waals surface area contributed by atoms with Crippen LogP contribution in [0.1, 0.15) is 18.9 Å². The fraction of sp³-hybridized carbons (Fsp3) is 0.444. The summed E-state index contributed by atoms with van der Waals surface area (Å²) in [5.41, 5.74) is 1.19. The van der Waals surface area contributed by atoms with Crippen molar-refractivity contribution in [1.29, 1.82) is 0 Å². The van der Waals surface area contributed by atoms with Gasteiger partial charge in [-0.15, -0.1) is 0 Å². The first-order chi connectivity index (χ1) is 5.38. The van der Waals surface area contributed by atoms with Gasteiger partial charge in [0.05, 0.1) is 7.11 Å². The van der Waals surface area contributed by atoms with E-state index in [9.17, 15) is 0 Å². The topological polar surface area (TPSA) is 22.1 Å². The van der Waals surface area contributed by atoms with Gasteiger partial charge in [0.15, 0.2) is 0 Å². The van der Waals surface area contributed by atoms with Crippen LogP contribution in [0.15, 0.2) is 12.3 Å². The van der Waals surface area contributed by atoms with E-state index in [1.807, 2.05) is 6.07 Å². The van der Waals surface area contributed by atoms with E-state index in [0.29, 0.717) is 0 Å². The summed E-state index contributed by atoms with van der Waals surface area (Å²) in [6.45, 7) is 2.14. The molecule has 0 aliphatic carbocycles. The van der Waals surface area contributed by atoms with Crippen molar-refractivity contribution < 1.29 is 4.74 Å². The van der Waals surface area contributed by atoms with Crippen molar-refractivity contribution in [3.8, 4) is 5.75 Å². The van der Waals surface area contributed by atoms with E-state index in [1.54, 1.807) is 13.3 Å². The van der Waals surface area contributed by atoms with Crippen LogP contribution >= 0.6 is 0 Å². The molecule has 0 atom stereocenters. The standard InChI is InChI=1S/C9H12NO/c1-3-4-8-5-6-10-7-9(8)11-2/h5-6H,3-4H2,1-2H3. The van der Waals surface area contributed by atoms with Crippen molar-refractivity contribution in [2.24, 2.45) is 0 Å². The van der Waals surface area contributed by atoms with Crippen molar-refractivity contribution in [3.05, 3.63) is 24.0 Å². The molecule has 1 radical (unpaired) electrons. The van der Waals surface area contributed by atoms with Crippen LogP contribution in [0.5, 0.6) is 5.75 Å². The minimum absolute atomic E-state index is 0.773. The lowest BCUT2D eigenvalue weighted by Crippen LogP contribution is -1.92. The first-order valence-electron chi connectivity index (χ1n) is 3.78. The smallest absolute Gasteiger partial charge is 0.150 e. The Labute approximate surface area is 67.2 Å². The molecule has 1 heterocycles. The van der Waals surface area contributed by atoms with Gasteiger partial charge in [0.2, 0.25) is 0 Å². The van der Waals surface area contributed by atoms with Crippen molar-refractivity contribution in [2.75, 3.05) is 7.11 Å². The van der Waals surface area contributed by atoms with Crippen LogP contribution in [-0.4, -0.2) is 12.1 Å². The van der Waals surface area contributed by atoms with Gasteiger partial charge in [0, 0.05) is 6.20 Å². The molecule has 0 saturated carbocycles. The van der Waals surface area contributed by atoms with Gasteiger partial charge in [-0.1, -0.05) is 13.3 Å². The molecule has 0 unspecified atom stereocenters. The largest absolute Gasteiger partial charge is 0.494 e. The Morgan fingerprint density at radius 1 is 1.64 bits per heavy atom. The molecule has 0 amide bonds. The van der Waals surface area contributed by atoms with Gasteiger partial charge in [-0.25, -0.2) is 0 Å². The highest BCUT2D eigenvalue weighted by Crippen LogP contribution is 2.16. The quantitative estimate of drug-likeness (QED) is 0.656. The Morgan fingerprint density at radius 2 is 2.45 bits per heavy atom. The maximum absolute atomic E-state index is 5.08. The summed E-state index contributed by atoms with van der Waals surface area (Å²) in [6, 6.07) is 1.97. The average molecular weight is 150 g/mol. The van der Waals surface area contributed by atoms with Crippen LogP contribution in [-0.2, 0) is 6.42 Å². The zero-order chi connectivity index (χ0) is 8.10. The maximum atomic E-state index is 5.08. The van der Waals surface area contributed by atoms with Crippen molar-refractivity contribution in [3.63, 3.8) is 0 Å². The lowest BCUT2D eigenvalue weighted by atomic mass is 10.1. The van der Waals surface area contributed by atoms with Gasteiger partial charge in [-0.05, 0) is 18.1 Å². The SMILES string of the molecule is CCCc1ccn[c]c1OC. The second-order valence-electron chi connectivity index (χ2n) is 2.37. The molecule has 11 heavy (non-hydrogen) atoms. The summed E-state index contributed by atoms with van der Waals surface area (Å²) < 4.78 is 5.08. The van der Waals surface area contributed by atoms with E-state index in [-0.39, 0.29) is 0 Å². The molecular weight excluding hydrogens is 138 g/mol. The number of pyridine rings is 1. The van der Waals surface area contributed by atoms with Crippen LogP contribution in [0.2, 0.25) is 0 Å². The first kappa shape index (κ1) is 8.05. The summed E-state index contributed by atoms with van der Waals surface area (Å²) >= 11 is 0. The molecule has 0 spiro atoms. The van der Waals surface area contributed by atoms with Gasteiger partial charge in [-0.3, -0.25) is 4.98 Å². The van der Waals surface area contributed by atoms with Crippen molar-refractivity contribution >= 4 is 0 Å². The summed E-state index contributed by atoms with van der Waals surface area (Å²) in [5.74, 6) is 0.773. The number of nitrogens with zero attached hydrogens (tertiary/aromatic N) is 1. The summed E-state index contributed by atoms with van der Waals surface area (Å²) in [5, 5.41) is 0. The van der Waals surface area contributed by atoms with Gasteiger partial charge in [-0.2, -0.15) is 0 Å². The third-order valence-corrected chi connectivity index (χ3v) is 1.53. The van der Waals surface area contributed by atoms with Crippen LogP contribution in [0.3, 0.4) is 0 Å². The zero-order valence-corrected chi connectivity index (χ0v) is 6.92. The second kappa shape index (κ2) is 3.96. The van der Waals surface area contributed by atoms with Gasteiger partial charge < -0.3 is 4.74 Å². The van der Waals surface area contributed by atoms with Crippen LogP contribution in [0.4, 0.5) is 0 Å². The number of aryl methyl sites for hydroxylation is 1. The monoisotopic (exact) mass is 150 g/mol. The third-order valence-electron chi connectivity index (χ3n) is 1.53. The third kappa shape index (κ3) is 1.93. The Bertz CT molecular complexity index is 223. The van der Waals surface area contributed by atoms with Crippen molar-refractivity contribution in [2.45, 2.75) is 19.8 Å². The normalized spacial score (nSPS) is 9.64. The number of aromatic nitrogens is 1. The molecule has 1 aromatic rings. The molecule has 0 aromatic carbocycles. The van der Waals surface area contributed by atoms with E-state index in [2.05, 4.69) is 18.1 Å². The summed E-state index contributed by atoms with van der Waals surface area (Å²) in [7, 11) is 1.65. The Kier molecular flexibility index (Phi) is 2.90. The van der Waals surface area contributed by atoms with Gasteiger partial charge in [0.1, 0.15) is 11.9 Å². The molecule has 0 N–H and O–H groups in total. The second-order valence-corrected chi connectivity index (χ2v) is 2.37. The number of ether oxygens (including phenoxy) is 1. The molecule has 1 aromatic heterocycles. The number of hydrogen-bond donors (Lipinski definition) is 0. The maximum Gasteiger partial charge on any atom is 0.150 e. The average Bonchev–Trinajstić information content (AvgIpc) is 2.06. The van der Waals surface area contributed by atoms with Gasteiger partial charge >= 0.3 is 0 Å². The molecular formula is C9H12NO. The molecule has 59 valence electrons. The lowest BCUT2D eigenvalue weighted by molar-refractivity contribution is 0.406. The number of hydrogen-bond acceptors (Lipinski definition) is 2. The molecule has 2 heteroatoms. The predicted octanol–water partition coefficient (Wildman–Crippen LogP) is 1.84. The predicted molar refractivity (Wildman–Crippen MR) is 43.6 cm³/mol. The minimum Gasteiger partial charge on any atom is -0.494 e. The fourth-order valence-electron chi connectivity index (χ4n) is 1.01. The number of rotatable bonds is 3. The lowest BCUT2D eigenvalue weighted by Gasteiger charge is -2.03. The van der Waals surface area contributed by atoms with Crippen LogP contribution in [0, 0.1) is 6.20 Å². The van der Waals surface area contributed by atoms with Gasteiger partial charge in [0.25, 0.3) is 0 Å². The highest BCUT2D eigenvalue weighted by Gasteiger charge is 1.99. The minimum atomic E-state index is 0.773. The number of methoxy groups -OCH3 is 1. The molecule has 0 bridgehead atoms. The molecule has 1 rings (SSSR count). The highest BCUT2D eigenvalue weighted by atomic mass is 16.5. The molecule has 0 fully saturated rings. The fourth-order valence-corrected chi connectivity index (χ4v) is 1.01. The first-order valence-corrected chi connectivity index (χ1v) is 3.78. The van der Waals surface area contributed by atoms with E-state index in [1.165, 1.54) is 5.56 Å². The zero-order valence-electron chi connectivity index (χ0n) is 6.92. The highest BCUT2D eigenvalue weighted by molar-refractivity contribution is 5.28. The van der Waals surface area contributed by atoms with E-state index >= 15 is 0 Å². The van der Waals surface area contributed by atoms with Crippen LogP contribution in [0.25, 0.3) is 0 Å². The van der Waals surface area contributed by atoms with E-state index in [0.717, 1.165) is 18.6 Å². The Hall–Kier alpha value is -1.05. The van der Waals surface area contributed by atoms with Crippen LogP contribution < -0.4 is 4.74 Å². The Morgan fingerprint density at radius 3 is 3.09 bits per heavy atom. The Balaban J connectivity index is 2.83. The summed E-state index contributed by atoms with van der Waals surface area (Å²) in [4.78, 5) is 3.85. The summed E-state index contributed by atoms with van der Waals surface area (Å²) in [6.07, 6.45) is 6.69.